The maximum atomic E-state index is 12.2. The average Bonchev–Trinajstić information content (AvgIpc) is 2.57. The summed E-state index contributed by atoms with van der Waals surface area (Å²) in [5.41, 5.74) is 0.375. The lowest BCUT2D eigenvalue weighted by Gasteiger charge is -2.18. The van der Waals surface area contributed by atoms with Gasteiger partial charge in [0.15, 0.2) is 0 Å². The third-order valence-corrected chi connectivity index (χ3v) is 3.51. The van der Waals surface area contributed by atoms with E-state index in [-0.39, 0.29) is 19.1 Å². The smallest absolute Gasteiger partial charge is 0.325 e. The van der Waals surface area contributed by atoms with E-state index in [0.717, 1.165) is 0 Å². The Labute approximate surface area is 139 Å². The molecule has 0 fully saturated rings. The summed E-state index contributed by atoms with van der Waals surface area (Å²) in [6.45, 7) is 1.72. The van der Waals surface area contributed by atoms with E-state index in [2.05, 4.69) is 15.6 Å². The van der Waals surface area contributed by atoms with Crippen molar-refractivity contribution >= 4 is 29.5 Å². The normalized spacial score (nSPS) is 11.4. The van der Waals surface area contributed by atoms with Gasteiger partial charge in [-0.25, -0.2) is 0 Å². The fourth-order valence-corrected chi connectivity index (χ4v) is 2.21. The van der Waals surface area contributed by atoms with Gasteiger partial charge in [-0.1, -0.05) is 0 Å². The molecule has 0 bridgehead atoms. The maximum Gasteiger partial charge on any atom is 0.325 e. The van der Waals surface area contributed by atoms with Crippen molar-refractivity contribution in [2.75, 3.05) is 25.2 Å². The molecule has 2 amide bonds. The van der Waals surface area contributed by atoms with Crippen LogP contribution in [0.15, 0.2) is 24.5 Å². The van der Waals surface area contributed by atoms with Crippen LogP contribution >= 0.6 is 11.8 Å². The minimum Gasteiger partial charge on any atom is -0.465 e. The molecule has 1 aromatic heterocycles. The summed E-state index contributed by atoms with van der Waals surface area (Å²) in [5.74, 6) is -0.604. The number of carbonyl (C=O) groups excluding carboxylic acids is 3. The molecule has 1 rings (SSSR count). The zero-order valence-electron chi connectivity index (χ0n) is 13.2. The monoisotopic (exact) mass is 339 g/mol. The van der Waals surface area contributed by atoms with Gasteiger partial charge >= 0.3 is 5.97 Å². The Morgan fingerprint density at radius 2 is 2.17 bits per heavy atom. The van der Waals surface area contributed by atoms with Crippen molar-refractivity contribution in [1.29, 1.82) is 0 Å². The van der Waals surface area contributed by atoms with Crippen LogP contribution in [-0.4, -0.2) is 54.0 Å². The van der Waals surface area contributed by atoms with Gasteiger partial charge in [-0.15, -0.1) is 0 Å². The van der Waals surface area contributed by atoms with Crippen LogP contribution in [0, 0.1) is 0 Å². The van der Waals surface area contributed by atoms with E-state index in [1.54, 1.807) is 37.0 Å². The number of thioether (sulfide) groups is 1. The quantitative estimate of drug-likeness (QED) is 0.640. The number of amides is 2. The van der Waals surface area contributed by atoms with Crippen LogP contribution in [0.3, 0.4) is 0 Å². The van der Waals surface area contributed by atoms with E-state index in [1.807, 2.05) is 6.26 Å². The third kappa shape index (κ3) is 7.14. The Morgan fingerprint density at radius 1 is 1.39 bits per heavy atom. The molecule has 0 saturated carbocycles. The number of carbonyl (C=O) groups is 3. The Morgan fingerprint density at radius 3 is 2.78 bits per heavy atom. The lowest BCUT2D eigenvalue weighted by atomic mass is 10.2. The molecule has 0 saturated heterocycles. The first kappa shape index (κ1) is 19.0. The van der Waals surface area contributed by atoms with E-state index < -0.39 is 17.9 Å². The number of hydrogen-bond donors (Lipinski definition) is 2. The Hall–Kier alpha value is -2.09. The van der Waals surface area contributed by atoms with Gasteiger partial charge in [-0.3, -0.25) is 19.4 Å². The number of nitrogens with zero attached hydrogens (tertiary/aromatic N) is 1. The number of ether oxygens (including phenoxy) is 1. The highest BCUT2D eigenvalue weighted by Gasteiger charge is 2.21. The summed E-state index contributed by atoms with van der Waals surface area (Å²) in [7, 11) is 0. The molecule has 0 aliphatic heterocycles. The fourth-order valence-electron chi connectivity index (χ4n) is 1.74. The molecule has 2 N–H and O–H groups in total. The summed E-state index contributed by atoms with van der Waals surface area (Å²) in [5, 5.41) is 5.15. The van der Waals surface area contributed by atoms with Crippen molar-refractivity contribution < 1.29 is 19.1 Å². The second kappa shape index (κ2) is 10.6. The van der Waals surface area contributed by atoms with Gasteiger partial charge in [0.25, 0.3) is 5.91 Å². The average molecular weight is 339 g/mol. The summed E-state index contributed by atoms with van der Waals surface area (Å²) in [4.78, 5) is 39.5. The number of esters is 1. The molecule has 0 aliphatic carbocycles. The second-order valence-corrected chi connectivity index (χ2v) is 5.56. The number of aromatic nitrogens is 1. The van der Waals surface area contributed by atoms with Gasteiger partial charge in [0.2, 0.25) is 5.91 Å². The summed E-state index contributed by atoms with van der Waals surface area (Å²) in [6, 6.07) is 2.54. The minimum absolute atomic E-state index is 0.217. The molecular formula is C15H21N3O4S. The zero-order valence-corrected chi connectivity index (χ0v) is 14.0. The summed E-state index contributed by atoms with van der Waals surface area (Å²) >= 11 is 1.57. The molecule has 0 aromatic carbocycles. The zero-order chi connectivity index (χ0) is 17.1. The van der Waals surface area contributed by atoms with E-state index >= 15 is 0 Å². The van der Waals surface area contributed by atoms with E-state index in [9.17, 15) is 14.4 Å². The number of nitrogens with one attached hydrogen (secondary N) is 2. The van der Waals surface area contributed by atoms with Gasteiger partial charge in [-0.05, 0) is 37.5 Å². The molecule has 1 heterocycles. The molecule has 8 heteroatoms. The fraction of sp³-hybridized carbons (Fsp3) is 0.467. The highest BCUT2D eigenvalue weighted by atomic mass is 32.2. The standard InChI is InChI=1S/C15H21N3O4S/c1-3-22-13(19)10-17-15(21)12(6-8-23-2)18-14(20)11-5-4-7-16-9-11/h4-5,7,9,12H,3,6,8,10H2,1-2H3,(H,17,21)(H,18,20)/t12-/m0/s1. The van der Waals surface area contributed by atoms with Crippen molar-refractivity contribution in [2.24, 2.45) is 0 Å². The minimum atomic E-state index is -0.718. The number of hydrogen-bond acceptors (Lipinski definition) is 6. The van der Waals surface area contributed by atoms with Crippen molar-refractivity contribution in [2.45, 2.75) is 19.4 Å². The van der Waals surface area contributed by atoms with Crippen LogP contribution in [0.25, 0.3) is 0 Å². The summed E-state index contributed by atoms with van der Waals surface area (Å²) in [6.07, 6.45) is 5.36. The molecule has 0 unspecified atom stereocenters. The molecule has 0 aliphatic rings. The first-order valence-electron chi connectivity index (χ1n) is 7.21. The van der Waals surface area contributed by atoms with E-state index in [1.165, 1.54) is 6.20 Å². The first-order valence-corrected chi connectivity index (χ1v) is 8.61. The van der Waals surface area contributed by atoms with Crippen LogP contribution in [0.4, 0.5) is 0 Å². The van der Waals surface area contributed by atoms with Gasteiger partial charge in [0.1, 0.15) is 12.6 Å². The van der Waals surface area contributed by atoms with Crippen LogP contribution in [0.2, 0.25) is 0 Å². The molecular weight excluding hydrogens is 318 g/mol. The molecule has 1 aromatic rings. The predicted octanol–water partition coefficient (Wildman–Crippen LogP) is 0.612. The van der Waals surface area contributed by atoms with Crippen LogP contribution in [0.1, 0.15) is 23.7 Å². The molecule has 126 valence electrons. The Kier molecular flexibility index (Phi) is 8.74. The van der Waals surface area contributed by atoms with Crippen LogP contribution in [-0.2, 0) is 14.3 Å². The number of pyridine rings is 1. The maximum absolute atomic E-state index is 12.2. The van der Waals surface area contributed by atoms with Gasteiger partial charge in [0, 0.05) is 12.4 Å². The Bertz CT molecular complexity index is 525. The lowest BCUT2D eigenvalue weighted by Crippen LogP contribution is -2.48. The van der Waals surface area contributed by atoms with Gasteiger partial charge < -0.3 is 15.4 Å². The van der Waals surface area contributed by atoms with Crippen molar-refractivity contribution in [1.82, 2.24) is 15.6 Å². The Balaban J connectivity index is 2.62. The number of rotatable bonds is 9. The third-order valence-electron chi connectivity index (χ3n) is 2.87. The SMILES string of the molecule is CCOC(=O)CNC(=O)[C@H](CCSC)NC(=O)c1cccnc1. The predicted molar refractivity (Wildman–Crippen MR) is 88.1 cm³/mol. The lowest BCUT2D eigenvalue weighted by molar-refractivity contribution is -0.143. The van der Waals surface area contributed by atoms with E-state index in [4.69, 9.17) is 4.74 Å². The van der Waals surface area contributed by atoms with Crippen LogP contribution in [0.5, 0.6) is 0 Å². The molecule has 7 nitrogen and oxygen atoms in total. The van der Waals surface area contributed by atoms with Crippen molar-refractivity contribution in [3.05, 3.63) is 30.1 Å². The molecule has 0 radical (unpaired) electrons. The molecule has 23 heavy (non-hydrogen) atoms. The van der Waals surface area contributed by atoms with Crippen molar-refractivity contribution in [3.63, 3.8) is 0 Å². The summed E-state index contributed by atoms with van der Waals surface area (Å²) < 4.78 is 4.75. The topological polar surface area (TPSA) is 97.4 Å². The molecule has 1 atom stereocenters. The van der Waals surface area contributed by atoms with Gasteiger partial charge in [-0.2, -0.15) is 11.8 Å². The molecule has 0 spiro atoms. The van der Waals surface area contributed by atoms with Crippen molar-refractivity contribution in [3.8, 4) is 0 Å². The van der Waals surface area contributed by atoms with Gasteiger partial charge in [0.05, 0.1) is 12.2 Å². The van der Waals surface area contributed by atoms with E-state index in [0.29, 0.717) is 17.7 Å². The largest absolute Gasteiger partial charge is 0.465 e. The van der Waals surface area contributed by atoms with Crippen LogP contribution < -0.4 is 10.6 Å². The first-order chi connectivity index (χ1) is 11.1. The second-order valence-electron chi connectivity index (χ2n) is 4.57. The highest BCUT2D eigenvalue weighted by Crippen LogP contribution is 2.03. The highest BCUT2D eigenvalue weighted by molar-refractivity contribution is 7.98.